The predicted octanol–water partition coefficient (Wildman–Crippen LogP) is 0.892. The van der Waals surface area contributed by atoms with Crippen LogP contribution in [0.25, 0.3) is 0 Å². The molecular formula is C12H14N4O2. The van der Waals surface area contributed by atoms with Gasteiger partial charge in [0.2, 0.25) is 0 Å². The number of rotatable bonds is 3. The van der Waals surface area contributed by atoms with Gasteiger partial charge in [-0.3, -0.25) is 15.0 Å². The summed E-state index contributed by atoms with van der Waals surface area (Å²) in [7, 11) is 0. The van der Waals surface area contributed by atoms with Crippen LogP contribution < -0.4 is 5.32 Å². The topological polar surface area (TPSA) is 82.2 Å². The average molecular weight is 246 g/mol. The van der Waals surface area contributed by atoms with E-state index in [0.29, 0.717) is 18.7 Å². The highest BCUT2D eigenvalue weighted by Gasteiger charge is 2.24. The van der Waals surface area contributed by atoms with Gasteiger partial charge in [0, 0.05) is 37.8 Å². The number of nitrogens with zero attached hydrogens (tertiary/aromatic N) is 3. The molecule has 1 N–H and O–H groups in total. The van der Waals surface area contributed by atoms with Gasteiger partial charge in [-0.05, 0) is 0 Å². The van der Waals surface area contributed by atoms with E-state index in [4.69, 9.17) is 5.26 Å². The Morgan fingerprint density at radius 1 is 1.56 bits per heavy atom. The summed E-state index contributed by atoms with van der Waals surface area (Å²) in [6, 6.07) is 8.67. The molecule has 1 fully saturated rings. The number of nitriles is 1. The third-order valence-corrected chi connectivity index (χ3v) is 3.07. The summed E-state index contributed by atoms with van der Waals surface area (Å²) in [5.74, 6) is 0. The molecule has 2 rings (SSSR count). The molecule has 0 spiro atoms. The molecule has 0 radical (unpaired) electrons. The molecule has 1 saturated heterocycles. The van der Waals surface area contributed by atoms with Gasteiger partial charge in [0.1, 0.15) is 6.04 Å². The van der Waals surface area contributed by atoms with Crippen molar-refractivity contribution in [3.8, 4) is 6.07 Å². The Kier molecular flexibility index (Phi) is 3.87. The van der Waals surface area contributed by atoms with Crippen LogP contribution in [-0.2, 0) is 6.54 Å². The van der Waals surface area contributed by atoms with Gasteiger partial charge in [0.25, 0.3) is 5.69 Å². The smallest absolute Gasteiger partial charge is 0.273 e. The normalized spacial score (nSPS) is 20.3. The standard InChI is InChI=1S/C12H14N4O2/c13-7-11-8-14-5-6-15(11)9-10-3-1-2-4-12(10)16(17)18/h1-4,11,14H,5-6,8-9H2. The van der Waals surface area contributed by atoms with E-state index in [2.05, 4.69) is 11.4 Å². The molecule has 1 heterocycles. The summed E-state index contributed by atoms with van der Waals surface area (Å²) < 4.78 is 0. The van der Waals surface area contributed by atoms with Crippen molar-refractivity contribution in [2.24, 2.45) is 0 Å². The predicted molar refractivity (Wildman–Crippen MR) is 65.8 cm³/mol. The van der Waals surface area contributed by atoms with Crippen molar-refractivity contribution in [2.45, 2.75) is 12.6 Å². The van der Waals surface area contributed by atoms with E-state index in [1.807, 2.05) is 4.90 Å². The Balaban J connectivity index is 2.18. The van der Waals surface area contributed by atoms with Crippen LogP contribution in [0.5, 0.6) is 0 Å². The minimum atomic E-state index is -0.376. The molecule has 1 unspecified atom stereocenters. The van der Waals surface area contributed by atoms with Crippen LogP contribution in [-0.4, -0.2) is 35.5 Å². The summed E-state index contributed by atoms with van der Waals surface area (Å²) in [6.07, 6.45) is 0. The zero-order valence-electron chi connectivity index (χ0n) is 9.87. The number of nitro groups is 1. The van der Waals surface area contributed by atoms with Crippen molar-refractivity contribution in [1.29, 1.82) is 5.26 Å². The van der Waals surface area contributed by atoms with Crippen LogP contribution >= 0.6 is 0 Å². The molecule has 0 amide bonds. The highest BCUT2D eigenvalue weighted by atomic mass is 16.6. The molecule has 1 atom stereocenters. The molecule has 94 valence electrons. The molecule has 0 bridgehead atoms. The molecule has 6 heteroatoms. The second kappa shape index (κ2) is 5.58. The number of piperazine rings is 1. The van der Waals surface area contributed by atoms with Gasteiger partial charge in [-0.15, -0.1) is 0 Å². The van der Waals surface area contributed by atoms with Crippen LogP contribution in [0.1, 0.15) is 5.56 Å². The number of hydrogen-bond donors (Lipinski definition) is 1. The van der Waals surface area contributed by atoms with Gasteiger partial charge >= 0.3 is 0 Å². The van der Waals surface area contributed by atoms with Gasteiger partial charge in [0.15, 0.2) is 0 Å². The monoisotopic (exact) mass is 246 g/mol. The second-order valence-corrected chi connectivity index (χ2v) is 4.21. The van der Waals surface area contributed by atoms with Gasteiger partial charge < -0.3 is 5.32 Å². The molecule has 0 saturated carbocycles. The fourth-order valence-electron chi connectivity index (χ4n) is 2.10. The van der Waals surface area contributed by atoms with Crippen LogP contribution in [0.15, 0.2) is 24.3 Å². The molecule has 1 aromatic rings. The number of para-hydroxylation sites is 1. The maximum absolute atomic E-state index is 10.9. The first kappa shape index (κ1) is 12.5. The lowest BCUT2D eigenvalue weighted by Gasteiger charge is -2.31. The number of hydrogen-bond acceptors (Lipinski definition) is 5. The number of nitro benzene ring substituents is 1. The number of benzene rings is 1. The lowest BCUT2D eigenvalue weighted by molar-refractivity contribution is -0.385. The Hall–Kier alpha value is -1.97. The molecule has 1 aliphatic rings. The SMILES string of the molecule is N#CC1CNCCN1Cc1ccccc1[N+](=O)[O-]. The minimum Gasteiger partial charge on any atom is -0.313 e. The van der Waals surface area contributed by atoms with Crippen molar-refractivity contribution >= 4 is 5.69 Å². The first-order valence-electron chi connectivity index (χ1n) is 5.79. The molecule has 1 aromatic carbocycles. The Morgan fingerprint density at radius 2 is 2.33 bits per heavy atom. The van der Waals surface area contributed by atoms with Crippen LogP contribution in [0, 0.1) is 21.4 Å². The highest BCUT2D eigenvalue weighted by molar-refractivity contribution is 5.39. The Labute approximate surface area is 105 Å². The molecule has 0 aliphatic carbocycles. The van der Waals surface area contributed by atoms with Crippen molar-refractivity contribution in [2.75, 3.05) is 19.6 Å². The van der Waals surface area contributed by atoms with Gasteiger partial charge in [-0.25, -0.2) is 0 Å². The van der Waals surface area contributed by atoms with Crippen molar-refractivity contribution in [1.82, 2.24) is 10.2 Å². The number of nitrogens with one attached hydrogen (secondary N) is 1. The third-order valence-electron chi connectivity index (χ3n) is 3.07. The van der Waals surface area contributed by atoms with Crippen molar-refractivity contribution in [3.05, 3.63) is 39.9 Å². The van der Waals surface area contributed by atoms with E-state index < -0.39 is 0 Å². The van der Waals surface area contributed by atoms with Crippen molar-refractivity contribution in [3.63, 3.8) is 0 Å². The lowest BCUT2D eigenvalue weighted by Crippen LogP contribution is -2.50. The maximum atomic E-state index is 10.9. The fraction of sp³-hybridized carbons (Fsp3) is 0.417. The summed E-state index contributed by atoms with van der Waals surface area (Å²) in [5.41, 5.74) is 0.775. The first-order valence-corrected chi connectivity index (χ1v) is 5.79. The Bertz CT molecular complexity index is 483. The fourth-order valence-corrected chi connectivity index (χ4v) is 2.10. The third kappa shape index (κ3) is 2.64. The van der Waals surface area contributed by atoms with Gasteiger partial charge in [0.05, 0.1) is 11.0 Å². The van der Waals surface area contributed by atoms with Gasteiger partial charge in [-0.1, -0.05) is 18.2 Å². The minimum absolute atomic E-state index is 0.118. The average Bonchev–Trinajstić information content (AvgIpc) is 2.40. The van der Waals surface area contributed by atoms with E-state index in [9.17, 15) is 10.1 Å². The molecule has 18 heavy (non-hydrogen) atoms. The summed E-state index contributed by atoms with van der Waals surface area (Å²) >= 11 is 0. The van der Waals surface area contributed by atoms with Crippen LogP contribution in [0.3, 0.4) is 0 Å². The zero-order valence-corrected chi connectivity index (χ0v) is 9.87. The van der Waals surface area contributed by atoms with Crippen LogP contribution in [0.2, 0.25) is 0 Å². The highest BCUT2D eigenvalue weighted by Crippen LogP contribution is 2.20. The van der Waals surface area contributed by atoms with E-state index in [1.54, 1.807) is 18.2 Å². The lowest BCUT2D eigenvalue weighted by atomic mass is 10.1. The van der Waals surface area contributed by atoms with E-state index in [-0.39, 0.29) is 16.7 Å². The van der Waals surface area contributed by atoms with Crippen molar-refractivity contribution < 1.29 is 4.92 Å². The Morgan fingerprint density at radius 3 is 3.06 bits per heavy atom. The zero-order chi connectivity index (χ0) is 13.0. The first-order chi connectivity index (χ1) is 8.72. The quantitative estimate of drug-likeness (QED) is 0.632. The largest absolute Gasteiger partial charge is 0.313 e. The van der Waals surface area contributed by atoms with E-state index >= 15 is 0 Å². The summed E-state index contributed by atoms with van der Waals surface area (Å²) in [4.78, 5) is 12.5. The molecule has 6 nitrogen and oxygen atoms in total. The summed E-state index contributed by atoms with van der Waals surface area (Å²) in [5, 5.41) is 23.1. The molecule has 1 aliphatic heterocycles. The maximum Gasteiger partial charge on any atom is 0.273 e. The van der Waals surface area contributed by atoms with Gasteiger partial charge in [-0.2, -0.15) is 5.26 Å². The second-order valence-electron chi connectivity index (χ2n) is 4.21. The molecule has 0 aromatic heterocycles. The summed E-state index contributed by atoms with van der Waals surface area (Å²) in [6.45, 7) is 2.58. The van der Waals surface area contributed by atoms with Crippen LogP contribution in [0.4, 0.5) is 5.69 Å². The molecular weight excluding hydrogens is 232 g/mol. The van der Waals surface area contributed by atoms with E-state index in [1.165, 1.54) is 6.07 Å². The van der Waals surface area contributed by atoms with E-state index in [0.717, 1.165) is 13.1 Å².